The molecule has 0 aromatic rings. The Balaban J connectivity index is 4.44. The molecule has 5 heteroatoms. The smallest absolute Gasteiger partial charge is 0.374 e. The molecule has 5 nitrogen and oxygen atoms in total. The van der Waals surface area contributed by atoms with Crippen LogP contribution >= 0.6 is 0 Å². The highest BCUT2D eigenvalue weighted by Crippen LogP contribution is 2.12. The van der Waals surface area contributed by atoms with Gasteiger partial charge in [-0.1, -0.05) is 6.92 Å². The molecule has 0 aliphatic rings. The molecule has 0 saturated carbocycles. The van der Waals surface area contributed by atoms with E-state index in [0.717, 1.165) is 0 Å². The molecule has 0 aliphatic heterocycles. The predicted octanol–water partition coefficient (Wildman–Crippen LogP) is 0.623. The maximum absolute atomic E-state index is 11.6. The first-order valence-corrected chi connectivity index (χ1v) is 5.35. The van der Waals surface area contributed by atoms with E-state index in [1.165, 1.54) is 4.90 Å². The van der Waals surface area contributed by atoms with Crippen LogP contribution in [0.15, 0.2) is 0 Å². The van der Waals surface area contributed by atoms with Crippen molar-refractivity contribution in [3.05, 3.63) is 0 Å². The third-order valence-corrected chi connectivity index (χ3v) is 2.26. The van der Waals surface area contributed by atoms with E-state index in [4.69, 9.17) is 0 Å². The van der Waals surface area contributed by atoms with Crippen LogP contribution in [0.4, 0.5) is 0 Å². The Labute approximate surface area is 95.7 Å². The first-order valence-electron chi connectivity index (χ1n) is 5.35. The SMILES string of the molecule is CCOC(=O)C(=O)C(CC)CC(=O)N(C)C. The highest BCUT2D eigenvalue weighted by Gasteiger charge is 2.27. The van der Waals surface area contributed by atoms with Crippen molar-refractivity contribution < 1.29 is 19.1 Å². The van der Waals surface area contributed by atoms with Crippen molar-refractivity contribution in [2.75, 3.05) is 20.7 Å². The van der Waals surface area contributed by atoms with Gasteiger partial charge in [0.25, 0.3) is 0 Å². The maximum Gasteiger partial charge on any atom is 0.374 e. The Bertz CT molecular complexity index is 273. The van der Waals surface area contributed by atoms with Crippen LogP contribution in [0.3, 0.4) is 0 Å². The van der Waals surface area contributed by atoms with Gasteiger partial charge in [-0.15, -0.1) is 0 Å². The van der Waals surface area contributed by atoms with Gasteiger partial charge in [0, 0.05) is 26.4 Å². The van der Waals surface area contributed by atoms with E-state index in [2.05, 4.69) is 4.74 Å². The van der Waals surface area contributed by atoms with E-state index >= 15 is 0 Å². The predicted molar refractivity (Wildman–Crippen MR) is 58.7 cm³/mol. The molecule has 0 radical (unpaired) electrons. The average Bonchev–Trinajstić information content (AvgIpc) is 2.24. The van der Waals surface area contributed by atoms with Gasteiger partial charge in [0.15, 0.2) is 0 Å². The number of carbonyl (C=O) groups excluding carboxylic acids is 3. The van der Waals surface area contributed by atoms with E-state index < -0.39 is 17.7 Å². The van der Waals surface area contributed by atoms with Crippen molar-refractivity contribution in [2.24, 2.45) is 5.92 Å². The normalized spacial score (nSPS) is 11.8. The minimum atomic E-state index is -0.846. The topological polar surface area (TPSA) is 63.7 Å². The lowest BCUT2D eigenvalue weighted by molar-refractivity contribution is -0.156. The molecule has 1 unspecified atom stereocenters. The fourth-order valence-corrected chi connectivity index (χ4v) is 1.18. The van der Waals surface area contributed by atoms with Crippen LogP contribution < -0.4 is 0 Å². The second-order valence-corrected chi connectivity index (χ2v) is 3.68. The molecule has 0 N–H and O–H groups in total. The Morgan fingerprint density at radius 3 is 2.12 bits per heavy atom. The molecular formula is C11H19NO4. The lowest BCUT2D eigenvalue weighted by Gasteiger charge is -2.15. The lowest BCUT2D eigenvalue weighted by atomic mass is 9.96. The van der Waals surface area contributed by atoms with Crippen LogP contribution in [0.25, 0.3) is 0 Å². The van der Waals surface area contributed by atoms with E-state index in [0.29, 0.717) is 6.42 Å². The summed E-state index contributed by atoms with van der Waals surface area (Å²) in [6, 6.07) is 0. The molecule has 0 heterocycles. The molecule has 92 valence electrons. The van der Waals surface area contributed by atoms with E-state index in [1.807, 2.05) is 0 Å². The number of rotatable bonds is 6. The summed E-state index contributed by atoms with van der Waals surface area (Å²) < 4.78 is 4.62. The van der Waals surface area contributed by atoms with Gasteiger partial charge >= 0.3 is 5.97 Å². The van der Waals surface area contributed by atoms with Crippen LogP contribution in [0.5, 0.6) is 0 Å². The Morgan fingerprint density at radius 1 is 1.19 bits per heavy atom. The van der Waals surface area contributed by atoms with Crippen molar-refractivity contribution in [1.82, 2.24) is 4.90 Å². The van der Waals surface area contributed by atoms with Crippen LogP contribution in [0.1, 0.15) is 26.7 Å². The molecule has 0 spiro atoms. The molecule has 16 heavy (non-hydrogen) atoms. The minimum Gasteiger partial charge on any atom is -0.460 e. The average molecular weight is 229 g/mol. The fourth-order valence-electron chi connectivity index (χ4n) is 1.18. The molecule has 1 atom stereocenters. The summed E-state index contributed by atoms with van der Waals surface area (Å²) in [6.45, 7) is 3.57. The van der Waals surface area contributed by atoms with E-state index in [-0.39, 0.29) is 18.9 Å². The first-order chi connectivity index (χ1) is 7.43. The van der Waals surface area contributed by atoms with Gasteiger partial charge in [-0.25, -0.2) is 4.79 Å². The second-order valence-electron chi connectivity index (χ2n) is 3.68. The summed E-state index contributed by atoms with van der Waals surface area (Å²) in [7, 11) is 3.23. The fraction of sp³-hybridized carbons (Fsp3) is 0.727. The van der Waals surface area contributed by atoms with Crippen LogP contribution in [-0.2, 0) is 19.1 Å². The standard InChI is InChI=1S/C11H19NO4/c1-5-8(7-9(13)12(3)4)10(14)11(15)16-6-2/h8H,5-7H2,1-4H3. The van der Waals surface area contributed by atoms with E-state index in [1.54, 1.807) is 27.9 Å². The Hall–Kier alpha value is -1.39. The van der Waals surface area contributed by atoms with Crippen molar-refractivity contribution in [3.8, 4) is 0 Å². The molecular weight excluding hydrogens is 210 g/mol. The van der Waals surface area contributed by atoms with Crippen LogP contribution in [0, 0.1) is 5.92 Å². The summed E-state index contributed by atoms with van der Waals surface area (Å²) >= 11 is 0. The third-order valence-electron chi connectivity index (χ3n) is 2.26. The highest BCUT2D eigenvalue weighted by molar-refractivity contribution is 6.34. The molecule has 0 bridgehead atoms. The van der Waals surface area contributed by atoms with Gasteiger partial charge < -0.3 is 9.64 Å². The zero-order chi connectivity index (χ0) is 12.7. The van der Waals surface area contributed by atoms with Gasteiger partial charge in [0.1, 0.15) is 0 Å². The number of ketones is 1. The molecule has 0 rings (SSSR count). The molecule has 1 amide bonds. The number of Topliss-reactive ketones (excluding diaryl/α,β-unsaturated/α-hetero) is 1. The summed E-state index contributed by atoms with van der Waals surface area (Å²) in [5, 5.41) is 0. The van der Waals surface area contributed by atoms with Crippen LogP contribution in [-0.4, -0.2) is 43.3 Å². The second kappa shape index (κ2) is 6.98. The van der Waals surface area contributed by atoms with Crippen molar-refractivity contribution in [2.45, 2.75) is 26.7 Å². The maximum atomic E-state index is 11.6. The number of esters is 1. The Kier molecular flexibility index (Phi) is 6.37. The highest BCUT2D eigenvalue weighted by atomic mass is 16.5. The molecule has 0 aliphatic carbocycles. The summed E-state index contributed by atoms with van der Waals surface area (Å²) in [5.41, 5.74) is 0. The number of ether oxygens (including phenoxy) is 1. The number of hydrogen-bond donors (Lipinski definition) is 0. The lowest BCUT2D eigenvalue weighted by Crippen LogP contribution is -2.31. The number of carbonyl (C=O) groups is 3. The minimum absolute atomic E-state index is 0.0567. The quantitative estimate of drug-likeness (QED) is 0.495. The van der Waals surface area contributed by atoms with Gasteiger partial charge in [0.05, 0.1) is 6.61 Å². The molecule has 0 fully saturated rings. The molecule has 0 aromatic carbocycles. The van der Waals surface area contributed by atoms with Crippen molar-refractivity contribution in [3.63, 3.8) is 0 Å². The van der Waals surface area contributed by atoms with Gasteiger partial charge in [0.2, 0.25) is 11.7 Å². The summed E-state index contributed by atoms with van der Waals surface area (Å²) in [5.74, 6) is -2.20. The molecule has 0 saturated heterocycles. The van der Waals surface area contributed by atoms with Gasteiger partial charge in [-0.3, -0.25) is 9.59 Å². The molecule has 0 aromatic heterocycles. The zero-order valence-corrected chi connectivity index (χ0v) is 10.3. The zero-order valence-electron chi connectivity index (χ0n) is 10.3. The van der Waals surface area contributed by atoms with Gasteiger partial charge in [-0.05, 0) is 13.3 Å². The van der Waals surface area contributed by atoms with Gasteiger partial charge in [-0.2, -0.15) is 0 Å². The Morgan fingerprint density at radius 2 is 1.75 bits per heavy atom. The largest absolute Gasteiger partial charge is 0.460 e. The summed E-state index contributed by atoms with van der Waals surface area (Å²) in [4.78, 5) is 35.6. The first kappa shape index (κ1) is 14.6. The number of amides is 1. The number of nitrogens with zero attached hydrogens (tertiary/aromatic N) is 1. The number of hydrogen-bond acceptors (Lipinski definition) is 4. The summed E-state index contributed by atoms with van der Waals surface area (Å²) in [6.07, 6.45) is 0.512. The van der Waals surface area contributed by atoms with Crippen LogP contribution in [0.2, 0.25) is 0 Å². The van der Waals surface area contributed by atoms with Crippen molar-refractivity contribution in [1.29, 1.82) is 0 Å². The third kappa shape index (κ3) is 4.42. The van der Waals surface area contributed by atoms with E-state index in [9.17, 15) is 14.4 Å². The van der Waals surface area contributed by atoms with Crippen molar-refractivity contribution >= 4 is 17.7 Å². The monoisotopic (exact) mass is 229 g/mol.